The van der Waals surface area contributed by atoms with Crippen molar-refractivity contribution in [3.05, 3.63) is 65.2 Å². The van der Waals surface area contributed by atoms with Crippen molar-refractivity contribution in [2.75, 3.05) is 6.61 Å². The number of hydrogen-bond donors (Lipinski definition) is 1. The third kappa shape index (κ3) is 6.59. The van der Waals surface area contributed by atoms with E-state index in [-0.39, 0.29) is 24.5 Å². The SMILES string of the molecule is CCc1ccc(OCC(=O)N(Cc2ccc(C)cc2)[C@@H](CC)C(=O)NC2CCCC2)cc1. The molecule has 1 fully saturated rings. The molecule has 32 heavy (non-hydrogen) atoms. The van der Waals surface area contributed by atoms with Crippen molar-refractivity contribution in [1.82, 2.24) is 10.2 Å². The summed E-state index contributed by atoms with van der Waals surface area (Å²) in [6, 6.07) is 15.6. The molecule has 1 saturated carbocycles. The van der Waals surface area contributed by atoms with Crippen LogP contribution in [0.1, 0.15) is 62.6 Å². The van der Waals surface area contributed by atoms with Gasteiger partial charge in [-0.15, -0.1) is 0 Å². The van der Waals surface area contributed by atoms with Gasteiger partial charge in [-0.05, 0) is 55.9 Å². The first-order valence-electron chi connectivity index (χ1n) is 11.9. The Balaban J connectivity index is 1.73. The van der Waals surface area contributed by atoms with Crippen molar-refractivity contribution >= 4 is 11.8 Å². The topological polar surface area (TPSA) is 58.6 Å². The summed E-state index contributed by atoms with van der Waals surface area (Å²) in [5.74, 6) is 0.417. The van der Waals surface area contributed by atoms with Crippen molar-refractivity contribution in [3.63, 3.8) is 0 Å². The lowest BCUT2D eigenvalue weighted by atomic mass is 10.1. The largest absolute Gasteiger partial charge is 0.484 e. The molecule has 3 rings (SSSR count). The average molecular weight is 437 g/mol. The molecule has 172 valence electrons. The van der Waals surface area contributed by atoms with Gasteiger partial charge in [-0.2, -0.15) is 0 Å². The van der Waals surface area contributed by atoms with Crippen LogP contribution < -0.4 is 10.1 Å². The summed E-state index contributed by atoms with van der Waals surface area (Å²) in [5, 5.41) is 3.17. The summed E-state index contributed by atoms with van der Waals surface area (Å²) in [6.07, 6.45) is 5.85. The Bertz CT molecular complexity index is 871. The predicted molar refractivity (Wildman–Crippen MR) is 128 cm³/mol. The Morgan fingerprint density at radius 2 is 1.62 bits per heavy atom. The fourth-order valence-electron chi connectivity index (χ4n) is 4.23. The second kappa shape index (κ2) is 11.7. The maximum absolute atomic E-state index is 13.3. The second-order valence-corrected chi connectivity index (χ2v) is 8.71. The Labute approximate surface area is 192 Å². The van der Waals surface area contributed by atoms with Gasteiger partial charge in [0.2, 0.25) is 5.91 Å². The highest BCUT2D eigenvalue weighted by Gasteiger charge is 2.30. The van der Waals surface area contributed by atoms with E-state index in [1.54, 1.807) is 4.90 Å². The molecule has 1 N–H and O–H groups in total. The number of carbonyl (C=O) groups excluding carboxylic acids is 2. The molecule has 2 amide bonds. The van der Waals surface area contributed by atoms with Crippen molar-refractivity contribution in [2.45, 2.75) is 77.9 Å². The van der Waals surface area contributed by atoms with Crippen molar-refractivity contribution in [2.24, 2.45) is 0 Å². The fraction of sp³-hybridized carbons (Fsp3) is 0.481. The second-order valence-electron chi connectivity index (χ2n) is 8.71. The van der Waals surface area contributed by atoms with Crippen molar-refractivity contribution < 1.29 is 14.3 Å². The quantitative estimate of drug-likeness (QED) is 0.582. The maximum Gasteiger partial charge on any atom is 0.261 e. The lowest BCUT2D eigenvalue weighted by molar-refractivity contribution is -0.143. The third-order valence-electron chi connectivity index (χ3n) is 6.25. The van der Waals surface area contributed by atoms with Gasteiger partial charge in [-0.3, -0.25) is 9.59 Å². The van der Waals surface area contributed by atoms with Gasteiger partial charge in [-0.1, -0.05) is 68.7 Å². The van der Waals surface area contributed by atoms with E-state index in [0.29, 0.717) is 18.7 Å². The Hall–Kier alpha value is -2.82. The van der Waals surface area contributed by atoms with E-state index in [1.807, 2.05) is 62.4 Å². The van der Waals surface area contributed by atoms with Crippen LogP contribution in [0.25, 0.3) is 0 Å². The van der Waals surface area contributed by atoms with E-state index in [9.17, 15) is 9.59 Å². The molecule has 0 saturated heterocycles. The molecule has 1 aliphatic rings. The van der Waals surface area contributed by atoms with Crippen molar-refractivity contribution in [1.29, 1.82) is 0 Å². The van der Waals surface area contributed by atoms with E-state index in [2.05, 4.69) is 12.2 Å². The molecular formula is C27H36N2O3. The van der Waals surface area contributed by atoms with Crippen LogP contribution in [-0.2, 0) is 22.6 Å². The normalized spacial score (nSPS) is 14.7. The average Bonchev–Trinajstić information content (AvgIpc) is 3.32. The molecule has 1 aliphatic carbocycles. The van der Waals surface area contributed by atoms with Crippen LogP contribution in [-0.4, -0.2) is 35.4 Å². The van der Waals surface area contributed by atoms with Crippen LogP contribution in [0.2, 0.25) is 0 Å². The molecule has 5 nitrogen and oxygen atoms in total. The highest BCUT2D eigenvalue weighted by molar-refractivity contribution is 5.88. The molecule has 0 bridgehead atoms. The maximum atomic E-state index is 13.3. The molecule has 0 radical (unpaired) electrons. The van der Waals surface area contributed by atoms with Gasteiger partial charge in [0, 0.05) is 12.6 Å². The molecule has 5 heteroatoms. The predicted octanol–water partition coefficient (Wildman–Crippen LogP) is 4.80. The molecule has 0 aliphatic heterocycles. The molecule has 2 aromatic rings. The number of nitrogens with zero attached hydrogens (tertiary/aromatic N) is 1. The van der Waals surface area contributed by atoms with Gasteiger partial charge in [0.15, 0.2) is 6.61 Å². The molecule has 2 aromatic carbocycles. The number of ether oxygens (including phenoxy) is 1. The molecule has 1 atom stereocenters. The summed E-state index contributed by atoms with van der Waals surface area (Å²) >= 11 is 0. The van der Waals surface area contributed by atoms with Crippen LogP contribution in [0.3, 0.4) is 0 Å². The molecule has 0 aromatic heterocycles. The minimum atomic E-state index is -0.518. The number of amides is 2. The van der Waals surface area contributed by atoms with E-state index >= 15 is 0 Å². The summed E-state index contributed by atoms with van der Waals surface area (Å²) < 4.78 is 5.79. The molecule has 0 heterocycles. The van der Waals surface area contributed by atoms with Gasteiger partial charge in [0.1, 0.15) is 11.8 Å². The minimum absolute atomic E-state index is 0.0628. The third-order valence-corrected chi connectivity index (χ3v) is 6.25. The van der Waals surface area contributed by atoms with Crippen LogP contribution in [0, 0.1) is 6.92 Å². The zero-order valence-electron chi connectivity index (χ0n) is 19.6. The number of hydrogen-bond acceptors (Lipinski definition) is 3. The van der Waals surface area contributed by atoms with Gasteiger partial charge in [0.05, 0.1) is 0 Å². The summed E-state index contributed by atoms with van der Waals surface area (Å²) in [7, 11) is 0. The highest BCUT2D eigenvalue weighted by Crippen LogP contribution is 2.20. The van der Waals surface area contributed by atoms with E-state index in [4.69, 9.17) is 4.74 Å². The number of aryl methyl sites for hydroxylation is 2. The van der Waals surface area contributed by atoms with Gasteiger partial charge in [-0.25, -0.2) is 0 Å². The molecule has 0 unspecified atom stereocenters. The summed E-state index contributed by atoms with van der Waals surface area (Å²) in [6.45, 7) is 6.38. The van der Waals surface area contributed by atoms with Gasteiger partial charge in [0.25, 0.3) is 5.91 Å². The number of rotatable bonds is 10. The zero-order valence-corrected chi connectivity index (χ0v) is 19.6. The van der Waals surface area contributed by atoms with E-state index < -0.39 is 6.04 Å². The van der Waals surface area contributed by atoms with Crippen molar-refractivity contribution in [3.8, 4) is 5.75 Å². The van der Waals surface area contributed by atoms with Gasteiger partial charge < -0.3 is 15.0 Å². The molecule has 0 spiro atoms. The van der Waals surface area contributed by atoms with E-state index in [0.717, 1.165) is 43.2 Å². The Morgan fingerprint density at radius 1 is 1.00 bits per heavy atom. The lowest BCUT2D eigenvalue weighted by Crippen LogP contribution is -2.52. The van der Waals surface area contributed by atoms with Crippen LogP contribution >= 0.6 is 0 Å². The fourth-order valence-corrected chi connectivity index (χ4v) is 4.23. The number of nitrogens with one attached hydrogen (secondary N) is 1. The number of benzene rings is 2. The van der Waals surface area contributed by atoms with Crippen LogP contribution in [0.4, 0.5) is 0 Å². The Kier molecular flexibility index (Phi) is 8.72. The first-order chi connectivity index (χ1) is 15.5. The monoisotopic (exact) mass is 436 g/mol. The summed E-state index contributed by atoms with van der Waals surface area (Å²) in [5.41, 5.74) is 3.39. The first kappa shape index (κ1) is 23.8. The smallest absolute Gasteiger partial charge is 0.261 e. The van der Waals surface area contributed by atoms with Crippen LogP contribution in [0.15, 0.2) is 48.5 Å². The van der Waals surface area contributed by atoms with E-state index in [1.165, 1.54) is 5.56 Å². The van der Waals surface area contributed by atoms with Gasteiger partial charge >= 0.3 is 0 Å². The van der Waals surface area contributed by atoms with Crippen LogP contribution in [0.5, 0.6) is 5.75 Å². The standard InChI is InChI=1S/C27H36N2O3/c1-4-21-14-16-24(17-15-21)32-19-26(30)29(18-22-12-10-20(3)11-13-22)25(5-2)27(31)28-23-8-6-7-9-23/h10-17,23,25H,4-9,18-19H2,1-3H3,(H,28,31)/t25-/m0/s1. The number of carbonyl (C=O) groups is 2. The lowest BCUT2D eigenvalue weighted by Gasteiger charge is -2.31. The molecular weight excluding hydrogens is 400 g/mol. The first-order valence-corrected chi connectivity index (χ1v) is 11.9. The summed E-state index contributed by atoms with van der Waals surface area (Å²) in [4.78, 5) is 28.1. The highest BCUT2D eigenvalue weighted by atomic mass is 16.5. The minimum Gasteiger partial charge on any atom is -0.484 e. The zero-order chi connectivity index (χ0) is 22.9. The Morgan fingerprint density at radius 3 is 2.22 bits per heavy atom.